The molecule has 0 radical (unpaired) electrons. The van der Waals surface area contributed by atoms with Gasteiger partial charge in [-0.15, -0.1) is 11.3 Å². The van der Waals surface area contributed by atoms with Gasteiger partial charge < -0.3 is 20.9 Å². The normalized spacial score (nSPS) is 14.1. The molecule has 0 saturated carbocycles. The number of rotatable bonds is 5. The number of carbonyl (C=O) groups excluding carboxylic acids is 2. The molecule has 2 aromatic rings. The van der Waals surface area contributed by atoms with Crippen LogP contribution in [0.15, 0.2) is 30.3 Å². The van der Waals surface area contributed by atoms with Crippen LogP contribution in [0.25, 0.3) is 0 Å². The number of anilines is 2. The predicted octanol–water partition coefficient (Wildman–Crippen LogP) is 4.15. The van der Waals surface area contributed by atoms with E-state index >= 15 is 0 Å². The van der Waals surface area contributed by atoms with E-state index in [0.717, 1.165) is 36.5 Å². The topological polar surface area (TPSA) is 78.7 Å². The lowest BCUT2D eigenvalue weighted by Crippen LogP contribution is -2.33. The van der Waals surface area contributed by atoms with E-state index < -0.39 is 5.91 Å². The fourth-order valence-corrected chi connectivity index (χ4v) is 4.29. The van der Waals surface area contributed by atoms with Crippen molar-refractivity contribution in [2.24, 2.45) is 5.73 Å². The Morgan fingerprint density at radius 1 is 1.22 bits per heavy atom. The van der Waals surface area contributed by atoms with E-state index in [-0.39, 0.29) is 6.03 Å². The Morgan fingerprint density at radius 3 is 2.59 bits per heavy atom. The summed E-state index contributed by atoms with van der Waals surface area (Å²) in [6.45, 7) is 2.32. The monoisotopic (exact) mass is 406 g/mol. The van der Waals surface area contributed by atoms with Crippen LogP contribution in [0.4, 0.5) is 16.2 Å². The van der Waals surface area contributed by atoms with E-state index in [1.165, 1.54) is 17.8 Å². The average molecular weight is 407 g/mol. The molecular weight excluding hydrogens is 384 g/mol. The lowest BCUT2D eigenvalue weighted by atomic mass is 10.1. The number of benzene rings is 1. The largest absolute Gasteiger partial charge is 0.370 e. The molecule has 1 saturated heterocycles. The third-order valence-electron chi connectivity index (χ3n) is 4.59. The van der Waals surface area contributed by atoms with Crippen molar-refractivity contribution in [1.29, 1.82) is 0 Å². The van der Waals surface area contributed by atoms with Crippen molar-refractivity contribution >= 4 is 46.3 Å². The van der Waals surface area contributed by atoms with E-state index in [0.29, 0.717) is 22.1 Å². The fourth-order valence-electron chi connectivity index (χ4n) is 3.15. The molecule has 1 aromatic heterocycles. The fraction of sp³-hybridized carbons (Fsp3) is 0.368. The highest BCUT2D eigenvalue weighted by Crippen LogP contribution is 2.30. The molecule has 144 valence electrons. The zero-order chi connectivity index (χ0) is 19.4. The molecule has 1 aromatic carbocycles. The molecule has 1 aliphatic rings. The summed E-state index contributed by atoms with van der Waals surface area (Å²) < 4.78 is 0.695. The molecule has 3 N–H and O–H groups in total. The SMILES string of the molecule is CN(Cc1ccc(Cl)s1)C(=O)Nc1cc(C(N)=O)ccc1N1CCCCC1. The second kappa shape index (κ2) is 8.63. The van der Waals surface area contributed by atoms with Crippen molar-refractivity contribution in [3.05, 3.63) is 45.1 Å². The van der Waals surface area contributed by atoms with Gasteiger partial charge in [0.25, 0.3) is 0 Å². The van der Waals surface area contributed by atoms with Gasteiger partial charge in [0.15, 0.2) is 0 Å². The van der Waals surface area contributed by atoms with Gasteiger partial charge in [0.05, 0.1) is 22.3 Å². The number of carbonyl (C=O) groups is 2. The van der Waals surface area contributed by atoms with Gasteiger partial charge in [0.1, 0.15) is 0 Å². The van der Waals surface area contributed by atoms with E-state index in [4.69, 9.17) is 17.3 Å². The van der Waals surface area contributed by atoms with Crippen molar-refractivity contribution in [3.63, 3.8) is 0 Å². The maximum absolute atomic E-state index is 12.7. The van der Waals surface area contributed by atoms with Gasteiger partial charge in [-0.25, -0.2) is 4.79 Å². The van der Waals surface area contributed by atoms with Crippen molar-refractivity contribution in [2.75, 3.05) is 30.4 Å². The summed E-state index contributed by atoms with van der Waals surface area (Å²) in [6.07, 6.45) is 3.44. The molecule has 3 rings (SSSR count). The van der Waals surface area contributed by atoms with Gasteiger partial charge in [0, 0.05) is 30.6 Å². The Hall–Kier alpha value is -2.25. The molecule has 2 heterocycles. The van der Waals surface area contributed by atoms with Crippen LogP contribution in [-0.2, 0) is 6.54 Å². The minimum absolute atomic E-state index is 0.251. The van der Waals surface area contributed by atoms with Crippen molar-refractivity contribution < 1.29 is 9.59 Å². The highest BCUT2D eigenvalue weighted by Gasteiger charge is 2.19. The number of hydrogen-bond donors (Lipinski definition) is 2. The summed E-state index contributed by atoms with van der Waals surface area (Å²) in [5, 5.41) is 2.94. The maximum atomic E-state index is 12.7. The molecule has 0 unspecified atom stereocenters. The van der Waals surface area contributed by atoms with E-state index in [9.17, 15) is 9.59 Å². The number of amides is 3. The standard InChI is InChI=1S/C19H23ClN4O2S/c1-23(12-14-6-8-17(20)27-14)19(26)22-15-11-13(18(21)25)5-7-16(15)24-9-3-2-4-10-24/h5-8,11H,2-4,9-10,12H2,1H3,(H2,21,25)(H,22,26). The summed E-state index contributed by atoms with van der Waals surface area (Å²) in [5.41, 5.74) is 7.32. The Kier molecular flexibility index (Phi) is 6.23. The summed E-state index contributed by atoms with van der Waals surface area (Å²) >= 11 is 7.40. The number of halogens is 1. The zero-order valence-electron chi connectivity index (χ0n) is 15.2. The smallest absolute Gasteiger partial charge is 0.321 e. The van der Waals surface area contributed by atoms with Gasteiger partial charge in [-0.1, -0.05) is 11.6 Å². The summed E-state index contributed by atoms with van der Waals surface area (Å²) in [7, 11) is 1.72. The minimum atomic E-state index is -0.516. The molecule has 8 heteroatoms. The van der Waals surface area contributed by atoms with Crippen molar-refractivity contribution in [2.45, 2.75) is 25.8 Å². The van der Waals surface area contributed by atoms with Crippen LogP contribution in [0.5, 0.6) is 0 Å². The van der Waals surface area contributed by atoms with E-state index in [1.807, 2.05) is 18.2 Å². The first-order chi connectivity index (χ1) is 12.9. The van der Waals surface area contributed by atoms with E-state index in [2.05, 4.69) is 10.2 Å². The average Bonchev–Trinajstić information content (AvgIpc) is 3.07. The highest BCUT2D eigenvalue weighted by molar-refractivity contribution is 7.16. The van der Waals surface area contributed by atoms with Crippen molar-refractivity contribution in [3.8, 4) is 0 Å². The van der Waals surface area contributed by atoms with Crippen LogP contribution >= 0.6 is 22.9 Å². The predicted molar refractivity (Wildman–Crippen MR) is 111 cm³/mol. The zero-order valence-corrected chi connectivity index (χ0v) is 16.8. The summed E-state index contributed by atoms with van der Waals surface area (Å²) in [4.78, 5) is 29.1. The lowest BCUT2D eigenvalue weighted by molar-refractivity contribution is 0.100. The molecule has 6 nitrogen and oxygen atoms in total. The van der Waals surface area contributed by atoms with E-state index in [1.54, 1.807) is 24.1 Å². The highest BCUT2D eigenvalue weighted by atomic mass is 35.5. The molecule has 0 spiro atoms. The minimum Gasteiger partial charge on any atom is -0.370 e. The number of primary amides is 1. The Labute approximate surface area is 167 Å². The number of piperidine rings is 1. The summed E-state index contributed by atoms with van der Waals surface area (Å²) in [6, 6.07) is 8.70. The molecule has 1 aliphatic heterocycles. The number of urea groups is 1. The Morgan fingerprint density at radius 2 is 1.96 bits per heavy atom. The van der Waals surface area contributed by atoms with Crippen LogP contribution < -0.4 is 16.0 Å². The van der Waals surface area contributed by atoms with Crippen LogP contribution in [0, 0.1) is 0 Å². The maximum Gasteiger partial charge on any atom is 0.321 e. The number of thiophene rings is 1. The molecule has 0 aliphatic carbocycles. The van der Waals surface area contributed by atoms with Gasteiger partial charge in [0.2, 0.25) is 5.91 Å². The Balaban J connectivity index is 1.79. The van der Waals surface area contributed by atoms with Gasteiger partial charge >= 0.3 is 6.03 Å². The third-order valence-corrected chi connectivity index (χ3v) is 5.80. The number of nitrogens with one attached hydrogen (secondary N) is 1. The molecule has 1 fully saturated rings. The van der Waals surface area contributed by atoms with Gasteiger partial charge in [-0.3, -0.25) is 4.79 Å². The first-order valence-electron chi connectivity index (χ1n) is 8.89. The molecule has 27 heavy (non-hydrogen) atoms. The quantitative estimate of drug-likeness (QED) is 0.782. The molecule has 0 bridgehead atoms. The van der Waals surface area contributed by atoms with Crippen LogP contribution in [-0.4, -0.2) is 37.0 Å². The van der Waals surface area contributed by atoms with Crippen LogP contribution in [0.3, 0.4) is 0 Å². The van der Waals surface area contributed by atoms with Gasteiger partial charge in [-0.2, -0.15) is 0 Å². The number of nitrogens with zero attached hydrogens (tertiary/aromatic N) is 2. The molecule has 0 atom stereocenters. The number of nitrogens with two attached hydrogens (primary N) is 1. The van der Waals surface area contributed by atoms with Crippen LogP contribution in [0.1, 0.15) is 34.5 Å². The molecule has 3 amide bonds. The number of hydrogen-bond acceptors (Lipinski definition) is 4. The summed E-state index contributed by atoms with van der Waals surface area (Å²) in [5.74, 6) is -0.516. The van der Waals surface area contributed by atoms with Gasteiger partial charge in [-0.05, 0) is 49.6 Å². The molecular formula is C19H23ClN4O2S. The second-order valence-electron chi connectivity index (χ2n) is 6.64. The lowest BCUT2D eigenvalue weighted by Gasteiger charge is -2.31. The second-order valence-corrected chi connectivity index (χ2v) is 8.44. The van der Waals surface area contributed by atoms with Crippen molar-refractivity contribution in [1.82, 2.24) is 4.90 Å². The first-order valence-corrected chi connectivity index (χ1v) is 10.1. The Bertz CT molecular complexity index is 833. The third kappa shape index (κ3) is 4.93. The first kappa shape index (κ1) is 19.5. The van der Waals surface area contributed by atoms with Crippen LogP contribution in [0.2, 0.25) is 4.34 Å².